The van der Waals surface area contributed by atoms with Gasteiger partial charge < -0.3 is 15.2 Å². The zero-order valence-corrected chi connectivity index (χ0v) is 10.5. The predicted octanol–water partition coefficient (Wildman–Crippen LogP) is 0.892. The van der Waals surface area contributed by atoms with E-state index < -0.39 is 22.8 Å². The number of nitrogens with one attached hydrogen (secondary N) is 1. The van der Waals surface area contributed by atoms with Gasteiger partial charge in [0.05, 0.1) is 11.3 Å². The molecule has 5 heteroatoms. The maximum absolute atomic E-state index is 12.2. The standard InChI is InChI=1S/C14H13NO4/c1-13(18)11-9(10(16)12(17)14(13,2)19)7-5-3-4-6-8(7)15-11/h3-6,15,18-19H,1-2H3. The van der Waals surface area contributed by atoms with E-state index in [9.17, 15) is 19.8 Å². The second kappa shape index (κ2) is 3.31. The molecular formula is C14H13NO4. The first-order valence-corrected chi connectivity index (χ1v) is 5.93. The highest BCUT2D eigenvalue weighted by atomic mass is 16.4. The van der Waals surface area contributed by atoms with E-state index in [1.165, 1.54) is 6.92 Å². The van der Waals surface area contributed by atoms with Gasteiger partial charge in [0, 0.05) is 10.9 Å². The Morgan fingerprint density at radius 3 is 2.37 bits per heavy atom. The molecular weight excluding hydrogens is 246 g/mol. The average molecular weight is 259 g/mol. The normalized spacial score (nSPS) is 30.7. The van der Waals surface area contributed by atoms with Crippen molar-refractivity contribution in [2.45, 2.75) is 25.0 Å². The summed E-state index contributed by atoms with van der Waals surface area (Å²) in [4.78, 5) is 27.1. The summed E-state index contributed by atoms with van der Waals surface area (Å²) in [7, 11) is 0. The zero-order chi connectivity index (χ0) is 14.0. The Labute approximate surface area is 108 Å². The number of aromatic amines is 1. The van der Waals surface area contributed by atoms with Crippen molar-refractivity contribution >= 4 is 22.5 Å². The first-order valence-electron chi connectivity index (χ1n) is 5.93. The average Bonchev–Trinajstić information content (AvgIpc) is 2.75. The number of H-pyrrole nitrogens is 1. The van der Waals surface area contributed by atoms with Crippen molar-refractivity contribution in [2.24, 2.45) is 0 Å². The molecule has 1 aliphatic carbocycles. The molecule has 3 N–H and O–H groups in total. The van der Waals surface area contributed by atoms with Gasteiger partial charge in [0.2, 0.25) is 11.6 Å². The van der Waals surface area contributed by atoms with Crippen LogP contribution in [0.15, 0.2) is 24.3 Å². The van der Waals surface area contributed by atoms with Crippen LogP contribution < -0.4 is 0 Å². The topological polar surface area (TPSA) is 90.4 Å². The Bertz CT molecular complexity index is 724. The van der Waals surface area contributed by atoms with E-state index in [2.05, 4.69) is 4.98 Å². The minimum atomic E-state index is -2.14. The third-order valence-corrected chi connectivity index (χ3v) is 4.02. The van der Waals surface area contributed by atoms with Crippen LogP contribution in [0, 0.1) is 0 Å². The fourth-order valence-electron chi connectivity index (χ4n) is 2.54. The lowest BCUT2D eigenvalue weighted by Crippen LogP contribution is -2.59. The molecule has 5 nitrogen and oxygen atoms in total. The van der Waals surface area contributed by atoms with Gasteiger partial charge in [-0.2, -0.15) is 0 Å². The molecule has 1 aromatic carbocycles. The third kappa shape index (κ3) is 1.26. The van der Waals surface area contributed by atoms with Crippen LogP contribution in [0.5, 0.6) is 0 Å². The Hall–Kier alpha value is -1.98. The summed E-state index contributed by atoms with van der Waals surface area (Å²) in [5.74, 6) is -1.77. The number of rotatable bonds is 0. The summed E-state index contributed by atoms with van der Waals surface area (Å²) in [5, 5.41) is 21.2. The van der Waals surface area contributed by atoms with Crippen LogP contribution in [-0.4, -0.2) is 32.4 Å². The zero-order valence-electron chi connectivity index (χ0n) is 10.5. The van der Waals surface area contributed by atoms with Gasteiger partial charge >= 0.3 is 0 Å². The Balaban J connectivity index is 2.46. The Morgan fingerprint density at radius 2 is 1.68 bits per heavy atom. The summed E-state index contributed by atoms with van der Waals surface area (Å²) < 4.78 is 0. The number of hydrogen-bond acceptors (Lipinski definition) is 4. The molecule has 0 radical (unpaired) electrons. The molecule has 3 rings (SSSR count). The fourth-order valence-corrected chi connectivity index (χ4v) is 2.54. The van der Waals surface area contributed by atoms with E-state index in [4.69, 9.17) is 0 Å². The monoisotopic (exact) mass is 259 g/mol. The van der Waals surface area contributed by atoms with Gasteiger partial charge in [-0.3, -0.25) is 9.59 Å². The molecule has 98 valence electrons. The Morgan fingerprint density at radius 1 is 1.05 bits per heavy atom. The minimum absolute atomic E-state index is 0.150. The molecule has 0 fully saturated rings. The van der Waals surface area contributed by atoms with Gasteiger partial charge in [0.25, 0.3) is 0 Å². The first kappa shape index (κ1) is 12.1. The van der Waals surface area contributed by atoms with E-state index in [1.54, 1.807) is 24.3 Å². The molecule has 0 bridgehead atoms. The van der Waals surface area contributed by atoms with Gasteiger partial charge in [-0.15, -0.1) is 0 Å². The van der Waals surface area contributed by atoms with E-state index in [1.807, 2.05) is 0 Å². The molecule has 2 atom stereocenters. The summed E-state index contributed by atoms with van der Waals surface area (Å²) >= 11 is 0. The number of ketones is 2. The predicted molar refractivity (Wildman–Crippen MR) is 67.8 cm³/mol. The van der Waals surface area contributed by atoms with Crippen molar-refractivity contribution in [1.82, 2.24) is 4.98 Å². The number of benzene rings is 1. The summed E-state index contributed by atoms with van der Waals surface area (Å²) in [5.41, 5.74) is -3.00. The van der Waals surface area contributed by atoms with Crippen molar-refractivity contribution in [3.05, 3.63) is 35.5 Å². The number of aromatic nitrogens is 1. The van der Waals surface area contributed by atoms with Gasteiger partial charge in [0.15, 0.2) is 5.60 Å². The summed E-state index contributed by atoms with van der Waals surface area (Å²) in [6.07, 6.45) is 0. The fraction of sp³-hybridized carbons (Fsp3) is 0.286. The number of carbonyl (C=O) groups is 2. The van der Waals surface area contributed by atoms with Crippen LogP contribution in [0.2, 0.25) is 0 Å². The molecule has 0 spiro atoms. The largest absolute Gasteiger partial charge is 0.380 e. The van der Waals surface area contributed by atoms with Crippen LogP contribution in [0.25, 0.3) is 10.9 Å². The number of aliphatic hydroxyl groups is 2. The second-order valence-electron chi connectivity index (χ2n) is 5.22. The first-order chi connectivity index (χ1) is 8.78. The second-order valence-corrected chi connectivity index (χ2v) is 5.22. The van der Waals surface area contributed by atoms with Crippen molar-refractivity contribution in [2.75, 3.05) is 0 Å². The number of hydrogen-bond donors (Lipinski definition) is 3. The van der Waals surface area contributed by atoms with Crippen LogP contribution in [-0.2, 0) is 10.4 Å². The smallest absolute Gasteiger partial charge is 0.237 e. The highest BCUT2D eigenvalue weighted by molar-refractivity contribution is 6.49. The van der Waals surface area contributed by atoms with Crippen LogP contribution in [0.4, 0.5) is 0 Å². The maximum atomic E-state index is 12.2. The molecule has 19 heavy (non-hydrogen) atoms. The molecule has 0 amide bonds. The van der Waals surface area contributed by atoms with Crippen molar-refractivity contribution < 1.29 is 19.8 Å². The van der Waals surface area contributed by atoms with E-state index in [0.717, 1.165) is 6.92 Å². The molecule has 2 aromatic rings. The SMILES string of the molecule is CC1(O)C(=O)C(=O)c2c([nH]c3ccccc23)C1(C)O. The van der Waals surface area contributed by atoms with Gasteiger partial charge in [-0.05, 0) is 19.9 Å². The molecule has 0 saturated heterocycles. The molecule has 2 unspecified atom stereocenters. The van der Waals surface area contributed by atoms with Crippen LogP contribution in [0.3, 0.4) is 0 Å². The van der Waals surface area contributed by atoms with E-state index >= 15 is 0 Å². The summed E-state index contributed by atoms with van der Waals surface area (Å²) in [6.45, 7) is 2.48. The lowest BCUT2D eigenvalue weighted by molar-refractivity contribution is -0.166. The van der Waals surface area contributed by atoms with Crippen molar-refractivity contribution in [3.63, 3.8) is 0 Å². The highest BCUT2D eigenvalue weighted by Gasteiger charge is 2.58. The molecule has 1 heterocycles. The van der Waals surface area contributed by atoms with Crippen molar-refractivity contribution in [3.8, 4) is 0 Å². The van der Waals surface area contributed by atoms with E-state index in [0.29, 0.717) is 10.9 Å². The minimum Gasteiger partial charge on any atom is -0.380 e. The van der Waals surface area contributed by atoms with Gasteiger partial charge in [0.1, 0.15) is 5.60 Å². The van der Waals surface area contributed by atoms with Crippen LogP contribution >= 0.6 is 0 Å². The van der Waals surface area contributed by atoms with Gasteiger partial charge in [-0.25, -0.2) is 0 Å². The number of para-hydroxylation sites is 1. The summed E-state index contributed by atoms with van der Waals surface area (Å²) in [6, 6.07) is 6.97. The van der Waals surface area contributed by atoms with Gasteiger partial charge in [-0.1, -0.05) is 18.2 Å². The highest BCUT2D eigenvalue weighted by Crippen LogP contribution is 2.42. The van der Waals surface area contributed by atoms with E-state index in [-0.39, 0.29) is 11.3 Å². The van der Waals surface area contributed by atoms with Crippen LogP contribution in [0.1, 0.15) is 29.9 Å². The molecule has 0 aliphatic heterocycles. The third-order valence-electron chi connectivity index (χ3n) is 4.02. The van der Waals surface area contributed by atoms with Crippen molar-refractivity contribution in [1.29, 1.82) is 0 Å². The maximum Gasteiger partial charge on any atom is 0.237 e. The number of Topliss-reactive ketones (excluding diaryl/α,β-unsaturated/α-hetero) is 2. The number of carbonyl (C=O) groups excluding carboxylic acids is 2. The number of fused-ring (bicyclic) bond motifs is 3. The lowest BCUT2D eigenvalue weighted by atomic mass is 9.71. The Kier molecular flexibility index (Phi) is 2.11. The molecule has 1 aliphatic rings. The molecule has 1 aromatic heterocycles. The molecule has 0 saturated carbocycles. The lowest BCUT2D eigenvalue weighted by Gasteiger charge is -2.39. The quantitative estimate of drug-likeness (QED) is 0.613.